The predicted octanol–water partition coefficient (Wildman–Crippen LogP) is 5.25. The molecule has 1 aliphatic carbocycles. The fourth-order valence-corrected chi connectivity index (χ4v) is 5.85. The number of carbonyl (C=O) groups is 2. The number of benzene rings is 1. The highest BCUT2D eigenvalue weighted by atomic mass is 35.5. The van der Waals surface area contributed by atoms with E-state index in [0.717, 1.165) is 41.2 Å². The van der Waals surface area contributed by atoms with E-state index in [0.29, 0.717) is 29.6 Å². The van der Waals surface area contributed by atoms with Crippen LogP contribution in [0.2, 0.25) is 0 Å². The monoisotopic (exact) mass is 565 g/mol. The van der Waals surface area contributed by atoms with Crippen molar-refractivity contribution in [2.45, 2.75) is 43.7 Å². The number of alkyl halides is 2. The predicted molar refractivity (Wildman–Crippen MR) is 149 cm³/mol. The number of amides is 2. The van der Waals surface area contributed by atoms with Gasteiger partial charge in [-0.3, -0.25) is 19.5 Å². The molecule has 7 nitrogen and oxygen atoms in total. The zero-order valence-corrected chi connectivity index (χ0v) is 22.7. The van der Waals surface area contributed by atoms with Crippen LogP contribution in [-0.4, -0.2) is 64.4 Å². The van der Waals surface area contributed by atoms with Crippen molar-refractivity contribution in [1.29, 1.82) is 5.26 Å². The van der Waals surface area contributed by atoms with Gasteiger partial charge in [0.15, 0.2) is 5.66 Å². The number of rotatable bonds is 6. The van der Waals surface area contributed by atoms with Crippen LogP contribution < -0.4 is 5.32 Å². The molecule has 1 aromatic heterocycles. The Kier molecular flexibility index (Phi) is 8.02. The number of pyridine rings is 1. The zero-order chi connectivity index (χ0) is 28.3. The van der Waals surface area contributed by atoms with Gasteiger partial charge in [-0.25, -0.2) is 8.78 Å². The number of hydrogen-bond donors (Lipinski definition) is 1. The molecule has 0 radical (unpaired) electrons. The van der Waals surface area contributed by atoms with Crippen molar-refractivity contribution in [2.75, 3.05) is 26.2 Å². The van der Waals surface area contributed by atoms with E-state index in [2.05, 4.69) is 16.4 Å². The van der Waals surface area contributed by atoms with E-state index in [-0.39, 0.29) is 5.92 Å². The third kappa shape index (κ3) is 5.79. The molecule has 40 heavy (non-hydrogen) atoms. The molecule has 0 saturated carbocycles. The lowest BCUT2D eigenvalue weighted by Gasteiger charge is -2.43. The van der Waals surface area contributed by atoms with Crippen molar-refractivity contribution < 1.29 is 18.4 Å². The molecule has 0 bridgehead atoms. The third-order valence-corrected chi connectivity index (χ3v) is 8.01. The van der Waals surface area contributed by atoms with Crippen molar-refractivity contribution >= 4 is 40.4 Å². The molecule has 10 heteroatoms. The molecule has 3 aliphatic rings. The lowest BCUT2D eigenvalue weighted by molar-refractivity contribution is -0.139. The van der Waals surface area contributed by atoms with Gasteiger partial charge in [-0.15, -0.1) is 0 Å². The molecule has 2 fully saturated rings. The summed E-state index contributed by atoms with van der Waals surface area (Å²) in [5, 5.41) is 13.9. The summed E-state index contributed by atoms with van der Waals surface area (Å²) in [4.78, 5) is 33.4. The van der Waals surface area contributed by atoms with Gasteiger partial charge >= 0.3 is 0 Å². The Labute approximate surface area is 236 Å². The quantitative estimate of drug-likeness (QED) is 0.517. The van der Waals surface area contributed by atoms with E-state index >= 15 is 0 Å². The van der Waals surface area contributed by atoms with Crippen LogP contribution in [0.3, 0.4) is 0 Å². The number of allylic oxidation sites excluding steroid dienone is 5. The van der Waals surface area contributed by atoms with Gasteiger partial charge in [-0.1, -0.05) is 48.4 Å². The van der Waals surface area contributed by atoms with Crippen molar-refractivity contribution in [3.05, 3.63) is 70.9 Å². The normalized spacial score (nSPS) is 24.7. The Morgan fingerprint density at radius 3 is 2.75 bits per heavy atom. The van der Waals surface area contributed by atoms with Crippen molar-refractivity contribution in [3.63, 3.8) is 0 Å². The molecule has 5 rings (SSSR count). The molecule has 2 saturated heterocycles. The third-order valence-electron chi connectivity index (χ3n) is 7.73. The van der Waals surface area contributed by atoms with Gasteiger partial charge in [0, 0.05) is 29.7 Å². The van der Waals surface area contributed by atoms with Gasteiger partial charge in [0.1, 0.15) is 6.07 Å². The first-order chi connectivity index (χ1) is 19.2. The first kappa shape index (κ1) is 27.9. The number of nitriles is 1. The minimum atomic E-state index is -3.19. The Morgan fingerprint density at radius 1 is 1.23 bits per heavy atom. The molecule has 1 N–H and O–H groups in total. The molecule has 2 amide bonds. The average Bonchev–Trinajstić information content (AvgIpc) is 3.27. The first-order valence-corrected chi connectivity index (χ1v) is 13.8. The molecule has 0 spiro atoms. The number of nitrogens with one attached hydrogen (secondary N) is 1. The van der Waals surface area contributed by atoms with E-state index in [1.54, 1.807) is 11.0 Å². The van der Waals surface area contributed by atoms with Crippen LogP contribution in [0.1, 0.15) is 48.0 Å². The Hall–Kier alpha value is -3.61. The van der Waals surface area contributed by atoms with Crippen molar-refractivity contribution in [1.82, 2.24) is 20.1 Å². The van der Waals surface area contributed by atoms with Crippen LogP contribution in [0.4, 0.5) is 8.78 Å². The maximum Gasteiger partial charge on any atom is 0.270 e. The minimum Gasteiger partial charge on any atom is -0.343 e. The van der Waals surface area contributed by atoms with Crippen molar-refractivity contribution in [3.8, 4) is 6.07 Å². The van der Waals surface area contributed by atoms with Crippen LogP contribution in [0.25, 0.3) is 17.0 Å². The molecular formula is C30H30ClF2N5O2. The fourth-order valence-electron chi connectivity index (χ4n) is 5.69. The molecule has 2 aromatic rings. The summed E-state index contributed by atoms with van der Waals surface area (Å²) in [6.45, 7) is -0.403. The Morgan fingerprint density at radius 2 is 2.02 bits per heavy atom. The number of piperidine rings is 1. The maximum atomic E-state index is 14.6. The summed E-state index contributed by atoms with van der Waals surface area (Å²) in [6, 6.07) is 9.16. The van der Waals surface area contributed by atoms with Crippen LogP contribution in [0.5, 0.6) is 0 Å². The number of fused-ring (bicyclic) bond motifs is 1. The number of carbonyl (C=O) groups excluding carboxylic acids is 2. The molecule has 3 heterocycles. The lowest BCUT2D eigenvalue weighted by atomic mass is 9.98. The second-order valence-electron chi connectivity index (χ2n) is 10.5. The number of halogens is 3. The first-order valence-electron chi connectivity index (χ1n) is 13.4. The van der Waals surface area contributed by atoms with E-state index in [9.17, 15) is 23.6 Å². The Bertz CT molecular complexity index is 1440. The van der Waals surface area contributed by atoms with Gasteiger partial charge in [0.05, 0.1) is 30.6 Å². The SMILES string of the molecule is N#CC1(N2CCCCC2)CC(F)(F)CN1C(=O)CNC(=O)c1ccnc2ccc(C=CC3C=CC(Cl)=CC3)cc12. The number of nitrogens with zero attached hydrogens (tertiary/aromatic N) is 4. The molecular weight excluding hydrogens is 536 g/mol. The van der Waals surface area contributed by atoms with Crippen molar-refractivity contribution in [2.24, 2.45) is 5.92 Å². The van der Waals surface area contributed by atoms with Crippen LogP contribution in [0.15, 0.2) is 59.8 Å². The van der Waals surface area contributed by atoms with Gasteiger partial charge in [0.2, 0.25) is 5.91 Å². The lowest BCUT2D eigenvalue weighted by Crippen LogP contribution is -2.60. The zero-order valence-electron chi connectivity index (χ0n) is 22.0. The molecule has 208 valence electrons. The smallest absolute Gasteiger partial charge is 0.270 e. The summed E-state index contributed by atoms with van der Waals surface area (Å²) in [7, 11) is 0. The van der Waals surface area contributed by atoms with E-state index in [1.807, 2.05) is 48.6 Å². The van der Waals surface area contributed by atoms with Gasteiger partial charge in [-0.2, -0.15) is 5.26 Å². The summed E-state index contributed by atoms with van der Waals surface area (Å²) in [6.07, 6.45) is 14.0. The highest BCUT2D eigenvalue weighted by molar-refractivity contribution is 6.31. The molecule has 2 atom stereocenters. The number of likely N-dealkylation sites (tertiary alicyclic amines) is 2. The summed E-state index contributed by atoms with van der Waals surface area (Å²) in [5.41, 5.74) is 0.0792. The largest absolute Gasteiger partial charge is 0.343 e. The van der Waals surface area contributed by atoms with Crippen LogP contribution >= 0.6 is 11.6 Å². The average molecular weight is 566 g/mol. The second-order valence-corrected chi connectivity index (χ2v) is 10.9. The van der Waals surface area contributed by atoms with Crippen LogP contribution in [-0.2, 0) is 4.79 Å². The van der Waals surface area contributed by atoms with Gasteiger partial charge < -0.3 is 10.2 Å². The highest BCUT2D eigenvalue weighted by Crippen LogP contribution is 2.42. The van der Waals surface area contributed by atoms with Gasteiger partial charge in [-0.05, 0) is 55.0 Å². The summed E-state index contributed by atoms with van der Waals surface area (Å²) in [5.74, 6) is -4.21. The minimum absolute atomic E-state index is 0.212. The molecule has 1 aromatic carbocycles. The summed E-state index contributed by atoms with van der Waals surface area (Å²) >= 11 is 6.00. The molecule has 2 aliphatic heterocycles. The topological polar surface area (TPSA) is 89.3 Å². The second kappa shape index (κ2) is 11.5. The Balaban J connectivity index is 1.31. The number of hydrogen-bond acceptors (Lipinski definition) is 5. The van der Waals surface area contributed by atoms with Crippen LogP contribution in [0, 0.1) is 17.2 Å². The van der Waals surface area contributed by atoms with Gasteiger partial charge in [0.25, 0.3) is 11.8 Å². The van der Waals surface area contributed by atoms with E-state index in [1.165, 1.54) is 6.20 Å². The maximum absolute atomic E-state index is 14.6. The fraction of sp³-hybridized carbons (Fsp3) is 0.400. The highest BCUT2D eigenvalue weighted by Gasteiger charge is 2.60. The molecule has 2 unspecified atom stereocenters. The summed E-state index contributed by atoms with van der Waals surface area (Å²) < 4.78 is 29.2. The van der Waals surface area contributed by atoms with E-state index < -0.39 is 42.9 Å². The standard InChI is InChI=1S/C30H30ClF2N5O2/c31-23-9-6-21(7-10-23)4-5-22-8-11-26-25(16-22)24(12-13-35-26)28(40)36-17-27(39)38-20-29(32,33)18-30(38,19-34)37-14-2-1-3-15-37/h4-6,8-13,16,21H,1-3,7,14-15,17-18,20H2,(H,36,40). The van der Waals surface area contributed by atoms with E-state index in [4.69, 9.17) is 11.6 Å². The number of aromatic nitrogens is 1.